The lowest BCUT2D eigenvalue weighted by atomic mass is 9.91. The molecule has 2 aliphatic heterocycles. The van der Waals surface area contributed by atoms with Gasteiger partial charge in [-0.15, -0.1) is 11.8 Å². The van der Waals surface area contributed by atoms with Gasteiger partial charge in [-0.25, -0.2) is 0 Å². The highest BCUT2D eigenvalue weighted by Gasteiger charge is 2.31. The molecule has 3 aliphatic rings. The topological polar surface area (TPSA) is 3.24 Å². The molecule has 4 rings (SSSR count). The summed E-state index contributed by atoms with van der Waals surface area (Å²) in [7, 11) is 2.31. The highest BCUT2D eigenvalue weighted by atomic mass is 32.2. The minimum Gasteiger partial charge on any atom is -0.303 e. The fourth-order valence-electron chi connectivity index (χ4n) is 3.77. The van der Waals surface area contributed by atoms with E-state index in [-0.39, 0.29) is 0 Å². The highest BCUT2D eigenvalue weighted by molar-refractivity contribution is 7.99. The third-order valence-electron chi connectivity index (χ3n) is 5.19. The fraction of sp³-hybridized carbons (Fsp3) is 0.647. The van der Waals surface area contributed by atoms with Crippen LogP contribution in [0.5, 0.6) is 0 Å². The molecule has 19 heavy (non-hydrogen) atoms. The van der Waals surface area contributed by atoms with Crippen molar-refractivity contribution in [2.24, 2.45) is 0 Å². The standard InChI is InChI=1S/C17H23NS/c1-18-8-2-3-15(18)9-14-11-19-17-7-6-13(10-16(14)17)12-4-5-12/h6-7,10,12,14-15H,2-5,8-9,11H2,1H3/t14-,15+/m0/s1. The van der Waals surface area contributed by atoms with E-state index in [1.54, 1.807) is 16.0 Å². The van der Waals surface area contributed by atoms with Crippen molar-refractivity contribution in [3.63, 3.8) is 0 Å². The van der Waals surface area contributed by atoms with Crippen LogP contribution in [0.25, 0.3) is 0 Å². The molecule has 0 aromatic heterocycles. The Balaban J connectivity index is 1.55. The molecule has 1 aromatic rings. The van der Waals surface area contributed by atoms with Gasteiger partial charge in [0.1, 0.15) is 0 Å². The summed E-state index contributed by atoms with van der Waals surface area (Å²) in [5.41, 5.74) is 3.29. The van der Waals surface area contributed by atoms with Gasteiger partial charge in [0.25, 0.3) is 0 Å². The van der Waals surface area contributed by atoms with E-state index < -0.39 is 0 Å². The smallest absolute Gasteiger partial charge is 0.0108 e. The van der Waals surface area contributed by atoms with Crippen molar-refractivity contribution in [2.45, 2.75) is 54.9 Å². The molecule has 0 spiro atoms. The van der Waals surface area contributed by atoms with Gasteiger partial charge >= 0.3 is 0 Å². The van der Waals surface area contributed by atoms with Crippen molar-refractivity contribution >= 4 is 11.8 Å². The normalized spacial score (nSPS) is 30.8. The Morgan fingerprint density at radius 2 is 2.16 bits per heavy atom. The van der Waals surface area contributed by atoms with Gasteiger partial charge in [-0.05, 0) is 74.7 Å². The van der Waals surface area contributed by atoms with Crippen LogP contribution in [0.3, 0.4) is 0 Å². The molecule has 0 radical (unpaired) electrons. The molecule has 0 N–H and O–H groups in total. The van der Waals surface area contributed by atoms with E-state index >= 15 is 0 Å². The Morgan fingerprint density at radius 3 is 2.89 bits per heavy atom. The van der Waals surface area contributed by atoms with Crippen LogP contribution in [-0.2, 0) is 0 Å². The summed E-state index contributed by atoms with van der Waals surface area (Å²) in [4.78, 5) is 4.14. The minimum absolute atomic E-state index is 0.809. The molecular weight excluding hydrogens is 250 g/mol. The summed E-state index contributed by atoms with van der Waals surface area (Å²) < 4.78 is 0. The van der Waals surface area contributed by atoms with Gasteiger partial charge in [-0.3, -0.25) is 0 Å². The zero-order chi connectivity index (χ0) is 12.8. The van der Waals surface area contributed by atoms with Crippen molar-refractivity contribution in [3.05, 3.63) is 29.3 Å². The van der Waals surface area contributed by atoms with Crippen LogP contribution < -0.4 is 0 Å². The SMILES string of the molecule is CN1CCC[C@@H]1C[C@H]1CSc2ccc(C3CC3)cc21. The number of likely N-dealkylation sites (tertiary alicyclic amines) is 1. The monoisotopic (exact) mass is 273 g/mol. The van der Waals surface area contributed by atoms with Crippen LogP contribution in [0.4, 0.5) is 0 Å². The molecule has 1 saturated heterocycles. The quantitative estimate of drug-likeness (QED) is 0.810. The lowest BCUT2D eigenvalue weighted by Gasteiger charge is -2.23. The maximum absolute atomic E-state index is 2.58. The zero-order valence-electron chi connectivity index (χ0n) is 11.8. The van der Waals surface area contributed by atoms with Gasteiger partial charge < -0.3 is 4.90 Å². The van der Waals surface area contributed by atoms with E-state index in [1.807, 2.05) is 0 Å². The maximum Gasteiger partial charge on any atom is 0.0108 e. The van der Waals surface area contributed by atoms with E-state index in [1.165, 1.54) is 44.4 Å². The average molecular weight is 273 g/mol. The number of rotatable bonds is 3. The first-order valence-corrected chi connectivity index (χ1v) is 8.76. The lowest BCUT2D eigenvalue weighted by molar-refractivity contribution is 0.286. The Hall–Kier alpha value is -0.470. The highest BCUT2D eigenvalue weighted by Crippen LogP contribution is 2.47. The zero-order valence-corrected chi connectivity index (χ0v) is 12.6. The summed E-state index contributed by atoms with van der Waals surface area (Å²) in [5, 5.41) is 0. The minimum atomic E-state index is 0.809. The molecule has 102 valence electrons. The van der Waals surface area contributed by atoms with Crippen molar-refractivity contribution in [1.29, 1.82) is 0 Å². The second-order valence-corrected chi connectivity index (χ2v) is 7.65. The van der Waals surface area contributed by atoms with Gasteiger partial charge in [0.05, 0.1) is 0 Å². The second kappa shape index (κ2) is 4.82. The maximum atomic E-state index is 2.58. The molecule has 2 heteroatoms. The summed E-state index contributed by atoms with van der Waals surface area (Å²) in [6.07, 6.45) is 7.03. The number of benzene rings is 1. The van der Waals surface area contributed by atoms with Gasteiger partial charge in [0.2, 0.25) is 0 Å². The summed E-state index contributed by atoms with van der Waals surface area (Å²) in [5.74, 6) is 3.02. The number of fused-ring (bicyclic) bond motifs is 1. The number of thioether (sulfide) groups is 1. The van der Waals surface area contributed by atoms with Gasteiger partial charge in [0.15, 0.2) is 0 Å². The summed E-state index contributed by atoms with van der Waals surface area (Å²) in [6, 6.07) is 8.16. The molecule has 1 saturated carbocycles. The van der Waals surface area contributed by atoms with Crippen molar-refractivity contribution < 1.29 is 0 Å². The van der Waals surface area contributed by atoms with E-state index in [2.05, 4.69) is 41.9 Å². The number of hydrogen-bond acceptors (Lipinski definition) is 2. The molecule has 1 aromatic carbocycles. The summed E-state index contributed by atoms with van der Waals surface area (Å²) in [6.45, 7) is 1.31. The van der Waals surface area contributed by atoms with Crippen LogP contribution in [-0.4, -0.2) is 30.3 Å². The Labute approximate surface area is 120 Å². The second-order valence-electron chi connectivity index (χ2n) is 6.59. The largest absolute Gasteiger partial charge is 0.303 e. The Kier molecular flexibility index (Phi) is 3.12. The summed E-state index contributed by atoms with van der Waals surface area (Å²) >= 11 is 2.08. The van der Waals surface area contributed by atoms with Crippen molar-refractivity contribution in [2.75, 3.05) is 19.3 Å². The van der Waals surface area contributed by atoms with Crippen LogP contribution in [0.2, 0.25) is 0 Å². The van der Waals surface area contributed by atoms with E-state index in [0.717, 1.165) is 17.9 Å². The Bertz CT molecular complexity index is 480. The average Bonchev–Trinajstić information content (AvgIpc) is 3.09. The van der Waals surface area contributed by atoms with Crippen LogP contribution in [0, 0.1) is 0 Å². The fourth-order valence-corrected chi connectivity index (χ4v) is 5.02. The van der Waals surface area contributed by atoms with Crippen LogP contribution >= 0.6 is 11.8 Å². The molecular formula is C17H23NS. The van der Waals surface area contributed by atoms with Gasteiger partial charge in [-0.1, -0.05) is 12.1 Å². The number of nitrogens with zero attached hydrogens (tertiary/aromatic N) is 1. The van der Waals surface area contributed by atoms with Crippen molar-refractivity contribution in [1.82, 2.24) is 4.90 Å². The van der Waals surface area contributed by atoms with Crippen LogP contribution in [0.1, 0.15) is 55.1 Å². The first-order chi connectivity index (χ1) is 9.31. The lowest BCUT2D eigenvalue weighted by Crippen LogP contribution is -2.26. The molecule has 2 fully saturated rings. The molecule has 2 atom stereocenters. The third kappa shape index (κ3) is 2.34. The number of hydrogen-bond donors (Lipinski definition) is 0. The molecule has 0 amide bonds. The van der Waals surface area contributed by atoms with E-state index in [9.17, 15) is 0 Å². The van der Waals surface area contributed by atoms with Crippen molar-refractivity contribution in [3.8, 4) is 0 Å². The van der Waals surface area contributed by atoms with Gasteiger partial charge in [0, 0.05) is 16.7 Å². The molecule has 1 aliphatic carbocycles. The molecule has 0 unspecified atom stereocenters. The van der Waals surface area contributed by atoms with Gasteiger partial charge in [-0.2, -0.15) is 0 Å². The Morgan fingerprint density at radius 1 is 1.26 bits per heavy atom. The molecule has 1 nitrogen and oxygen atoms in total. The molecule has 0 bridgehead atoms. The van der Waals surface area contributed by atoms with E-state index in [0.29, 0.717) is 0 Å². The van der Waals surface area contributed by atoms with E-state index in [4.69, 9.17) is 0 Å². The van der Waals surface area contributed by atoms with Crippen LogP contribution in [0.15, 0.2) is 23.1 Å². The predicted molar refractivity (Wildman–Crippen MR) is 82.2 cm³/mol. The first kappa shape index (κ1) is 12.3. The molecule has 2 heterocycles. The third-order valence-corrected chi connectivity index (χ3v) is 6.44. The first-order valence-electron chi connectivity index (χ1n) is 7.78. The predicted octanol–water partition coefficient (Wildman–Crippen LogP) is 4.24.